The van der Waals surface area contributed by atoms with Crippen LogP contribution in [0, 0.1) is 0 Å². The summed E-state index contributed by atoms with van der Waals surface area (Å²) in [5.41, 5.74) is -0.892. The van der Waals surface area contributed by atoms with Crippen LogP contribution in [0.5, 0.6) is 28.7 Å². The third kappa shape index (κ3) is 4.22. The Morgan fingerprint density at radius 2 is 1.66 bits per heavy atom. The highest BCUT2D eigenvalue weighted by Crippen LogP contribution is 2.44. The number of phenolic OH excluding ortho intramolecular Hbond substituents is 1. The first-order chi connectivity index (χ1) is 16.7. The third-order valence-electron chi connectivity index (χ3n) is 5.69. The van der Waals surface area contributed by atoms with Crippen molar-refractivity contribution in [3.63, 3.8) is 0 Å². The summed E-state index contributed by atoms with van der Waals surface area (Å²) in [6.07, 6.45) is -7.88. The summed E-state index contributed by atoms with van der Waals surface area (Å²) in [7, 11) is 2.71. The van der Waals surface area contributed by atoms with Crippen LogP contribution in [-0.4, -0.2) is 82.2 Å². The molecule has 35 heavy (non-hydrogen) atoms. The number of aliphatic hydroxyl groups excluding tert-OH is 4. The molecule has 0 spiro atoms. The molecule has 12 nitrogen and oxygen atoms in total. The molecule has 0 saturated carbocycles. The molecule has 2 unspecified atom stereocenters. The van der Waals surface area contributed by atoms with E-state index >= 15 is 0 Å². The molecule has 188 valence electrons. The lowest BCUT2D eigenvalue weighted by Crippen LogP contribution is -2.60. The van der Waals surface area contributed by atoms with Gasteiger partial charge in [-0.2, -0.15) is 0 Å². The second-order valence-corrected chi connectivity index (χ2v) is 7.78. The SMILES string of the molecule is COc1ccc(-c2oc3c(OC)c(O[C@@H]4OC(CO)[C@H](O)[C@H](O)C4O)cc(O)c3c(=O)c2O)cc1. The summed E-state index contributed by atoms with van der Waals surface area (Å²) >= 11 is 0. The minimum atomic E-state index is -1.74. The standard InChI is InChI=1S/C23H24O12/c1-31-10-5-3-9(4-6-10)20-18(29)16(27)14-11(25)7-12(21(32-2)22(14)35-20)33-23-19(30)17(28)15(26)13(8-24)34-23/h3-7,13,15,17,19,23-26,28-30H,8H2,1-2H3/t13?,15-,17-,19?,23+/m0/s1. The van der Waals surface area contributed by atoms with Crippen molar-refractivity contribution in [2.45, 2.75) is 30.7 Å². The van der Waals surface area contributed by atoms with Gasteiger partial charge in [0, 0.05) is 11.6 Å². The van der Waals surface area contributed by atoms with Crippen LogP contribution < -0.4 is 19.6 Å². The predicted molar refractivity (Wildman–Crippen MR) is 119 cm³/mol. The van der Waals surface area contributed by atoms with Crippen molar-refractivity contribution in [3.8, 4) is 40.1 Å². The van der Waals surface area contributed by atoms with Crippen LogP contribution in [0.3, 0.4) is 0 Å². The van der Waals surface area contributed by atoms with E-state index in [-0.39, 0.29) is 22.8 Å². The molecular weight excluding hydrogens is 468 g/mol. The normalized spacial score (nSPS) is 24.3. The second-order valence-electron chi connectivity index (χ2n) is 7.78. The van der Waals surface area contributed by atoms with Gasteiger partial charge in [-0.15, -0.1) is 0 Å². The van der Waals surface area contributed by atoms with E-state index in [1.165, 1.54) is 14.2 Å². The molecule has 5 atom stereocenters. The molecular formula is C23H24O12. The van der Waals surface area contributed by atoms with Crippen molar-refractivity contribution < 1.29 is 54.0 Å². The zero-order valence-electron chi connectivity index (χ0n) is 18.6. The maximum Gasteiger partial charge on any atom is 0.238 e. The van der Waals surface area contributed by atoms with Gasteiger partial charge in [0.25, 0.3) is 0 Å². The zero-order chi connectivity index (χ0) is 25.4. The fourth-order valence-electron chi connectivity index (χ4n) is 3.80. The molecule has 0 radical (unpaired) electrons. The number of aromatic hydroxyl groups is 2. The number of hydrogen-bond donors (Lipinski definition) is 6. The minimum absolute atomic E-state index is 0.193. The van der Waals surface area contributed by atoms with Crippen LogP contribution in [0.25, 0.3) is 22.3 Å². The van der Waals surface area contributed by atoms with Gasteiger partial charge >= 0.3 is 0 Å². The van der Waals surface area contributed by atoms with Crippen molar-refractivity contribution >= 4 is 11.0 Å². The smallest absolute Gasteiger partial charge is 0.238 e. The molecule has 1 fully saturated rings. The van der Waals surface area contributed by atoms with Gasteiger partial charge in [-0.05, 0) is 24.3 Å². The summed E-state index contributed by atoms with van der Waals surface area (Å²) in [4.78, 5) is 12.9. The van der Waals surface area contributed by atoms with Crippen LogP contribution in [0.2, 0.25) is 0 Å². The Kier molecular flexibility index (Phi) is 6.74. The largest absolute Gasteiger partial charge is 0.507 e. The molecule has 0 amide bonds. The lowest BCUT2D eigenvalue weighted by molar-refractivity contribution is -0.277. The highest BCUT2D eigenvalue weighted by Gasteiger charge is 2.45. The Balaban J connectivity index is 1.84. The maximum absolute atomic E-state index is 12.9. The number of benzene rings is 2. The molecule has 1 saturated heterocycles. The molecule has 1 aromatic heterocycles. The fourth-order valence-corrected chi connectivity index (χ4v) is 3.80. The minimum Gasteiger partial charge on any atom is -0.507 e. The number of rotatable bonds is 6. The lowest BCUT2D eigenvalue weighted by Gasteiger charge is -2.39. The van der Waals surface area contributed by atoms with E-state index in [9.17, 15) is 35.4 Å². The Morgan fingerprint density at radius 1 is 0.971 bits per heavy atom. The monoisotopic (exact) mass is 492 g/mol. The number of methoxy groups -OCH3 is 2. The molecule has 0 bridgehead atoms. The van der Waals surface area contributed by atoms with Crippen molar-refractivity contribution in [3.05, 3.63) is 40.6 Å². The van der Waals surface area contributed by atoms with Gasteiger partial charge < -0.3 is 54.0 Å². The summed E-state index contributed by atoms with van der Waals surface area (Å²) in [6.45, 7) is -0.676. The van der Waals surface area contributed by atoms with E-state index in [2.05, 4.69) is 0 Å². The molecule has 0 aliphatic carbocycles. The van der Waals surface area contributed by atoms with Gasteiger partial charge in [0.05, 0.1) is 20.8 Å². The maximum atomic E-state index is 12.9. The lowest BCUT2D eigenvalue weighted by atomic mass is 9.99. The highest BCUT2D eigenvalue weighted by molar-refractivity contribution is 5.93. The van der Waals surface area contributed by atoms with E-state index in [4.69, 9.17) is 23.4 Å². The van der Waals surface area contributed by atoms with Crippen LogP contribution in [0.1, 0.15) is 0 Å². The molecule has 1 aliphatic rings. The van der Waals surface area contributed by atoms with E-state index in [0.717, 1.165) is 6.07 Å². The van der Waals surface area contributed by atoms with Crippen molar-refractivity contribution in [1.29, 1.82) is 0 Å². The first-order valence-corrected chi connectivity index (χ1v) is 10.4. The van der Waals surface area contributed by atoms with Crippen molar-refractivity contribution in [2.75, 3.05) is 20.8 Å². The number of ether oxygens (including phenoxy) is 4. The molecule has 6 N–H and O–H groups in total. The van der Waals surface area contributed by atoms with Gasteiger partial charge in [0.2, 0.25) is 23.2 Å². The Morgan fingerprint density at radius 3 is 2.26 bits per heavy atom. The van der Waals surface area contributed by atoms with Crippen LogP contribution in [-0.2, 0) is 4.74 Å². The number of aliphatic hydroxyl groups is 4. The zero-order valence-corrected chi connectivity index (χ0v) is 18.6. The third-order valence-corrected chi connectivity index (χ3v) is 5.69. The summed E-state index contributed by atoms with van der Waals surface area (Å²) < 4.78 is 27.2. The molecule has 2 heterocycles. The van der Waals surface area contributed by atoms with Crippen molar-refractivity contribution in [1.82, 2.24) is 0 Å². The van der Waals surface area contributed by atoms with Crippen molar-refractivity contribution in [2.24, 2.45) is 0 Å². The van der Waals surface area contributed by atoms with Crippen LogP contribution in [0.15, 0.2) is 39.5 Å². The van der Waals surface area contributed by atoms with E-state index in [0.29, 0.717) is 11.3 Å². The van der Waals surface area contributed by atoms with E-state index in [1.807, 2.05) is 0 Å². The van der Waals surface area contributed by atoms with Gasteiger partial charge in [-0.1, -0.05) is 0 Å². The highest BCUT2D eigenvalue weighted by atomic mass is 16.7. The molecule has 1 aliphatic heterocycles. The first-order valence-electron chi connectivity index (χ1n) is 10.4. The van der Waals surface area contributed by atoms with Gasteiger partial charge in [0.1, 0.15) is 41.3 Å². The van der Waals surface area contributed by atoms with Gasteiger partial charge in [-0.3, -0.25) is 4.79 Å². The van der Waals surface area contributed by atoms with Crippen LogP contribution in [0.4, 0.5) is 0 Å². The number of phenols is 1. The topological polar surface area (TPSA) is 189 Å². The summed E-state index contributed by atoms with van der Waals surface area (Å²) in [5.74, 6) is -1.51. The Bertz CT molecular complexity index is 1270. The fraction of sp³-hybridized carbons (Fsp3) is 0.348. The number of hydrogen-bond acceptors (Lipinski definition) is 12. The van der Waals surface area contributed by atoms with Gasteiger partial charge in [-0.25, -0.2) is 0 Å². The Labute approximate surface area is 197 Å². The molecule has 4 rings (SSSR count). The van der Waals surface area contributed by atoms with Gasteiger partial charge in [0.15, 0.2) is 17.1 Å². The Hall–Kier alpha value is -3.55. The summed E-state index contributed by atoms with van der Waals surface area (Å²) in [5, 5.41) is 60.3. The average Bonchev–Trinajstić information content (AvgIpc) is 2.86. The first kappa shape index (κ1) is 24.6. The molecule has 3 aromatic rings. The quantitative estimate of drug-likeness (QED) is 0.272. The molecule has 2 aromatic carbocycles. The molecule has 12 heteroatoms. The number of fused-ring (bicyclic) bond motifs is 1. The summed E-state index contributed by atoms with van der Waals surface area (Å²) in [6, 6.07) is 7.25. The second kappa shape index (κ2) is 9.60. The van der Waals surface area contributed by atoms with Crippen LogP contribution >= 0.6 is 0 Å². The van der Waals surface area contributed by atoms with E-state index < -0.39 is 59.6 Å². The predicted octanol–water partition coefficient (Wildman–Crippen LogP) is 0.0671. The van der Waals surface area contributed by atoms with E-state index in [1.54, 1.807) is 24.3 Å². The average molecular weight is 492 g/mol.